The van der Waals surface area contributed by atoms with Crippen molar-refractivity contribution >= 4 is 28.8 Å². The molecule has 8 heteroatoms. The second-order valence-electron chi connectivity index (χ2n) is 8.71. The molecule has 1 fully saturated rings. The second kappa shape index (κ2) is 9.50. The lowest BCUT2D eigenvalue weighted by atomic mass is 10.1. The minimum absolute atomic E-state index is 0.269. The van der Waals surface area contributed by atoms with Gasteiger partial charge in [0.05, 0.1) is 17.1 Å². The van der Waals surface area contributed by atoms with Gasteiger partial charge in [-0.2, -0.15) is 0 Å². The van der Waals surface area contributed by atoms with Crippen LogP contribution in [0, 0.1) is 6.92 Å². The number of aromatic nitrogens is 2. The number of nitrogens with two attached hydrogens (primary N) is 1. The van der Waals surface area contributed by atoms with Gasteiger partial charge in [0.2, 0.25) is 5.91 Å². The number of anilines is 2. The Labute approximate surface area is 203 Å². The van der Waals surface area contributed by atoms with E-state index in [1.165, 1.54) is 0 Å². The van der Waals surface area contributed by atoms with Crippen LogP contribution in [0.4, 0.5) is 11.4 Å². The summed E-state index contributed by atoms with van der Waals surface area (Å²) in [5.41, 5.74) is 10.6. The number of pyridine rings is 1. The fourth-order valence-corrected chi connectivity index (χ4v) is 4.35. The fourth-order valence-electron chi connectivity index (χ4n) is 4.35. The molecule has 0 aliphatic carbocycles. The zero-order valence-electron chi connectivity index (χ0n) is 19.5. The summed E-state index contributed by atoms with van der Waals surface area (Å²) in [5, 5.41) is 2.95. The molecule has 2 aromatic heterocycles. The number of fused-ring (bicyclic) bond motifs is 1. The van der Waals surface area contributed by atoms with Crippen molar-refractivity contribution in [3.05, 3.63) is 89.4 Å². The van der Waals surface area contributed by atoms with Gasteiger partial charge >= 0.3 is 0 Å². The van der Waals surface area contributed by atoms with E-state index in [-0.39, 0.29) is 5.91 Å². The molecular formula is C27H27N5O3. The first-order valence-electron chi connectivity index (χ1n) is 11.6. The molecule has 1 aliphatic rings. The Morgan fingerprint density at radius 2 is 1.80 bits per heavy atom. The van der Waals surface area contributed by atoms with Gasteiger partial charge in [-0.25, -0.2) is 4.98 Å². The monoisotopic (exact) mass is 469 g/mol. The molecule has 0 bridgehead atoms. The summed E-state index contributed by atoms with van der Waals surface area (Å²) < 4.78 is 7.85. The number of rotatable bonds is 7. The number of primary amides is 1. The van der Waals surface area contributed by atoms with Gasteiger partial charge in [0, 0.05) is 36.6 Å². The Morgan fingerprint density at radius 3 is 2.51 bits per heavy atom. The topological polar surface area (TPSA) is 102 Å². The predicted molar refractivity (Wildman–Crippen MR) is 135 cm³/mol. The van der Waals surface area contributed by atoms with E-state index < -0.39 is 5.91 Å². The molecule has 0 atom stereocenters. The fraction of sp³-hybridized carbons (Fsp3) is 0.222. The third-order valence-electron chi connectivity index (χ3n) is 6.21. The number of hydrogen-bond donors (Lipinski definition) is 2. The van der Waals surface area contributed by atoms with Gasteiger partial charge in [-0.3, -0.25) is 9.59 Å². The number of imidazole rings is 1. The van der Waals surface area contributed by atoms with E-state index >= 15 is 0 Å². The van der Waals surface area contributed by atoms with Gasteiger partial charge in [-0.05, 0) is 73.9 Å². The molecule has 5 rings (SSSR count). The zero-order valence-corrected chi connectivity index (χ0v) is 19.5. The van der Waals surface area contributed by atoms with Gasteiger partial charge in [0.1, 0.15) is 18.0 Å². The number of ether oxygens (including phenoxy) is 1. The van der Waals surface area contributed by atoms with Gasteiger partial charge in [0.25, 0.3) is 5.91 Å². The number of amides is 2. The first-order valence-corrected chi connectivity index (χ1v) is 11.6. The Morgan fingerprint density at radius 1 is 1.06 bits per heavy atom. The van der Waals surface area contributed by atoms with Crippen LogP contribution < -0.4 is 20.7 Å². The molecule has 0 saturated carbocycles. The highest BCUT2D eigenvalue weighted by Gasteiger charge is 2.19. The van der Waals surface area contributed by atoms with Crippen molar-refractivity contribution < 1.29 is 14.3 Å². The third kappa shape index (κ3) is 4.82. The Balaban J connectivity index is 1.27. The van der Waals surface area contributed by atoms with Crippen molar-refractivity contribution in [2.75, 3.05) is 23.3 Å². The van der Waals surface area contributed by atoms with Crippen molar-refractivity contribution in [2.45, 2.75) is 26.4 Å². The largest absolute Gasteiger partial charge is 0.487 e. The summed E-state index contributed by atoms with van der Waals surface area (Å²) in [5.74, 6) is -0.158. The Hall–Kier alpha value is -4.33. The number of carbonyl (C=O) groups excluding carboxylic acids is 2. The number of benzene rings is 2. The van der Waals surface area contributed by atoms with Crippen molar-refractivity contribution in [3.8, 4) is 5.75 Å². The maximum atomic E-state index is 13.0. The molecular weight excluding hydrogens is 442 g/mol. The van der Waals surface area contributed by atoms with E-state index in [0.29, 0.717) is 29.2 Å². The maximum Gasteiger partial charge on any atom is 0.255 e. The number of nitrogens with zero attached hydrogens (tertiary/aromatic N) is 3. The van der Waals surface area contributed by atoms with E-state index in [1.807, 2.05) is 41.9 Å². The van der Waals surface area contributed by atoms with Crippen molar-refractivity contribution in [1.82, 2.24) is 9.38 Å². The molecule has 8 nitrogen and oxygen atoms in total. The van der Waals surface area contributed by atoms with Crippen LogP contribution in [-0.4, -0.2) is 34.3 Å². The smallest absolute Gasteiger partial charge is 0.255 e. The Bertz CT molecular complexity index is 1390. The summed E-state index contributed by atoms with van der Waals surface area (Å²) in [6.07, 6.45) is 6.10. The number of aryl methyl sites for hydroxylation is 1. The molecule has 3 N–H and O–H groups in total. The minimum atomic E-state index is -0.532. The quantitative estimate of drug-likeness (QED) is 0.423. The van der Waals surface area contributed by atoms with Crippen molar-refractivity contribution in [2.24, 2.45) is 5.73 Å². The second-order valence-corrected chi connectivity index (χ2v) is 8.71. The first-order chi connectivity index (χ1) is 17.0. The Kier molecular flexibility index (Phi) is 6.10. The van der Waals surface area contributed by atoms with Crippen LogP contribution in [0.3, 0.4) is 0 Å². The molecule has 178 valence electrons. The lowest BCUT2D eigenvalue weighted by Gasteiger charge is -2.22. The third-order valence-corrected chi connectivity index (χ3v) is 6.21. The standard InChI is InChI=1S/C27H27N5O3/c1-18-5-4-14-32-16-21(29-26(18)32)17-35-22-9-6-19(7-10-22)27(34)30-23-15-20(25(28)33)8-11-24(23)31-12-2-3-13-31/h4-11,14-16H,2-3,12-13,17H2,1H3,(H2,28,33)(H,30,34). The molecule has 4 aromatic rings. The maximum absolute atomic E-state index is 13.0. The SMILES string of the molecule is Cc1cccn2cc(COc3ccc(C(=O)Nc4cc(C(N)=O)ccc4N4CCCC4)cc3)nc12. The van der Waals surface area contributed by atoms with Crippen molar-refractivity contribution in [1.29, 1.82) is 0 Å². The minimum Gasteiger partial charge on any atom is -0.487 e. The average Bonchev–Trinajstić information content (AvgIpc) is 3.54. The lowest BCUT2D eigenvalue weighted by Crippen LogP contribution is -2.22. The summed E-state index contributed by atoms with van der Waals surface area (Å²) >= 11 is 0. The number of carbonyl (C=O) groups is 2. The first kappa shape index (κ1) is 22.5. The summed E-state index contributed by atoms with van der Waals surface area (Å²) in [6, 6.07) is 16.1. The van der Waals surface area contributed by atoms with Gasteiger partial charge in [-0.15, -0.1) is 0 Å². The van der Waals surface area contributed by atoms with Crippen LogP contribution in [0.5, 0.6) is 5.75 Å². The number of hydrogen-bond acceptors (Lipinski definition) is 5. The lowest BCUT2D eigenvalue weighted by molar-refractivity contribution is 0.0996. The zero-order chi connectivity index (χ0) is 24.4. The highest BCUT2D eigenvalue weighted by atomic mass is 16.5. The summed E-state index contributed by atoms with van der Waals surface area (Å²) in [6.45, 7) is 4.17. The average molecular weight is 470 g/mol. The molecule has 3 heterocycles. The number of nitrogens with one attached hydrogen (secondary N) is 1. The molecule has 0 spiro atoms. The van der Waals surface area contributed by atoms with E-state index in [1.54, 1.807) is 36.4 Å². The van der Waals surface area contributed by atoms with E-state index in [0.717, 1.165) is 48.5 Å². The van der Waals surface area contributed by atoms with Gasteiger partial charge < -0.3 is 25.1 Å². The predicted octanol–water partition coefficient (Wildman–Crippen LogP) is 4.17. The normalized spacial score (nSPS) is 13.2. The van der Waals surface area contributed by atoms with Gasteiger partial charge in [0.15, 0.2) is 0 Å². The highest BCUT2D eigenvalue weighted by molar-refractivity contribution is 6.07. The molecule has 35 heavy (non-hydrogen) atoms. The summed E-state index contributed by atoms with van der Waals surface area (Å²) in [4.78, 5) is 31.5. The van der Waals surface area contributed by atoms with Crippen LogP contribution in [0.25, 0.3) is 5.65 Å². The molecule has 0 unspecified atom stereocenters. The summed E-state index contributed by atoms with van der Waals surface area (Å²) in [7, 11) is 0. The van der Waals surface area contributed by atoms with E-state index in [4.69, 9.17) is 10.5 Å². The molecule has 1 aliphatic heterocycles. The van der Waals surface area contributed by atoms with E-state index in [2.05, 4.69) is 15.2 Å². The highest BCUT2D eigenvalue weighted by Crippen LogP contribution is 2.30. The van der Waals surface area contributed by atoms with Crippen molar-refractivity contribution in [3.63, 3.8) is 0 Å². The van der Waals surface area contributed by atoms with Crippen LogP contribution >= 0.6 is 0 Å². The molecule has 0 radical (unpaired) electrons. The molecule has 1 saturated heterocycles. The van der Waals surface area contributed by atoms with E-state index in [9.17, 15) is 9.59 Å². The van der Waals surface area contributed by atoms with Gasteiger partial charge in [-0.1, -0.05) is 6.07 Å². The van der Waals surface area contributed by atoms with Crippen LogP contribution in [0.2, 0.25) is 0 Å². The van der Waals surface area contributed by atoms with Crippen LogP contribution in [0.1, 0.15) is 44.8 Å². The van der Waals surface area contributed by atoms with Crippen LogP contribution in [0.15, 0.2) is 67.0 Å². The van der Waals surface area contributed by atoms with Crippen LogP contribution in [-0.2, 0) is 6.61 Å². The molecule has 2 amide bonds. The molecule has 2 aromatic carbocycles.